The van der Waals surface area contributed by atoms with Crippen molar-refractivity contribution in [1.29, 1.82) is 0 Å². The Morgan fingerprint density at radius 2 is 1.38 bits per heavy atom. The van der Waals surface area contributed by atoms with Crippen LogP contribution in [0, 0.1) is 0 Å². The van der Waals surface area contributed by atoms with Crippen LogP contribution in [-0.2, 0) is 0 Å². The standard InChI is InChI=1S/C24H15N5/c1-2-8-16(9-3-1)22-14-19(17-10-4-7-13-21(17)26-22)23-27-24-18-11-5-6-12-20(18)25-15-29(24)28-23/h1-15H. The highest BCUT2D eigenvalue weighted by Gasteiger charge is 2.15. The van der Waals surface area contributed by atoms with Gasteiger partial charge in [-0.25, -0.2) is 19.5 Å². The predicted octanol–water partition coefficient (Wildman–Crippen LogP) is 5.16. The van der Waals surface area contributed by atoms with Crippen molar-refractivity contribution in [1.82, 2.24) is 24.6 Å². The molecule has 0 saturated carbocycles. The summed E-state index contributed by atoms with van der Waals surface area (Å²) in [7, 11) is 0. The van der Waals surface area contributed by atoms with Crippen LogP contribution in [0.3, 0.4) is 0 Å². The average Bonchev–Trinajstić information content (AvgIpc) is 3.24. The van der Waals surface area contributed by atoms with Gasteiger partial charge in [0.1, 0.15) is 6.33 Å². The average molecular weight is 373 g/mol. The molecular formula is C24H15N5. The number of pyridine rings is 1. The van der Waals surface area contributed by atoms with Crippen LogP contribution in [-0.4, -0.2) is 24.6 Å². The zero-order valence-electron chi connectivity index (χ0n) is 15.4. The molecule has 3 heterocycles. The van der Waals surface area contributed by atoms with Crippen molar-refractivity contribution in [3.05, 3.63) is 91.3 Å². The molecule has 6 rings (SSSR count). The topological polar surface area (TPSA) is 56.0 Å². The highest BCUT2D eigenvalue weighted by molar-refractivity contribution is 5.96. The summed E-state index contributed by atoms with van der Waals surface area (Å²) < 4.78 is 1.75. The van der Waals surface area contributed by atoms with Gasteiger partial charge in [-0.15, -0.1) is 5.10 Å². The van der Waals surface area contributed by atoms with Crippen LogP contribution in [0.5, 0.6) is 0 Å². The lowest BCUT2D eigenvalue weighted by Gasteiger charge is -2.07. The zero-order chi connectivity index (χ0) is 19.2. The summed E-state index contributed by atoms with van der Waals surface area (Å²) in [5, 5.41) is 6.74. The predicted molar refractivity (Wildman–Crippen MR) is 114 cm³/mol. The molecule has 0 amide bonds. The third-order valence-electron chi connectivity index (χ3n) is 5.11. The van der Waals surface area contributed by atoms with Gasteiger partial charge in [0, 0.05) is 21.9 Å². The Hall–Kier alpha value is -4.12. The van der Waals surface area contributed by atoms with Gasteiger partial charge in [-0.2, -0.15) is 0 Å². The molecule has 0 aliphatic heterocycles. The third-order valence-corrected chi connectivity index (χ3v) is 5.11. The Balaban J connectivity index is 1.65. The maximum Gasteiger partial charge on any atom is 0.183 e. The van der Waals surface area contributed by atoms with E-state index in [0.29, 0.717) is 5.82 Å². The Kier molecular flexibility index (Phi) is 3.40. The SMILES string of the molecule is c1ccc(-c2cc(-c3nc4c5ccccc5ncn4n3)c3ccccc3n2)cc1. The minimum atomic E-state index is 0.666. The van der Waals surface area contributed by atoms with Crippen molar-refractivity contribution in [2.24, 2.45) is 0 Å². The van der Waals surface area contributed by atoms with E-state index in [0.717, 1.165) is 44.3 Å². The second-order valence-corrected chi connectivity index (χ2v) is 6.90. The minimum Gasteiger partial charge on any atom is -0.248 e. The summed E-state index contributed by atoms with van der Waals surface area (Å²) in [5.74, 6) is 0.666. The molecule has 0 radical (unpaired) electrons. The van der Waals surface area contributed by atoms with Gasteiger partial charge < -0.3 is 0 Å². The summed E-state index contributed by atoms with van der Waals surface area (Å²) in [5.41, 5.74) is 5.56. The zero-order valence-corrected chi connectivity index (χ0v) is 15.4. The molecule has 136 valence electrons. The fourth-order valence-corrected chi connectivity index (χ4v) is 3.71. The molecule has 29 heavy (non-hydrogen) atoms. The summed E-state index contributed by atoms with van der Waals surface area (Å²) in [6, 6.07) is 28.3. The number of hydrogen-bond donors (Lipinski definition) is 0. The molecule has 5 nitrogen and oxygen atoms in total. The van der Waals surface area contributed by atoms with Crippen LogP contribution in [0.4, 0.5) is 0 Å². The van der Waals surface area contributed by atoms with E-state index in [1.807, 2.05) is 60.7 Å². The molecule has 0 saturated heterocycles. The molecule has 0 aliphatic rings. The van der Waals surface area contributed by atoms with E-state index in [2.05, 4.69) is 29.2 Å². The number of fused-ring (bicyclic) bond motifs is 4. The van der Waals surface area contributed by atoms with Gasteiger partial charge in [0.05, 0.1) is 16.7 Å². The van der Waals surface area contributed by atoms with Gasteiger partial charge in [0.2, 0.25) is 0 Å². The molecule has 0 spiro atoms. The number of hydrogen-bond acceptors (Lipinski definition) is 4. The van der Waals surface area contributed by atoms with Crippen LogP contribution >= 0.6 is 0 Å². The van der Waals surface area contributed by atoms with Gasteiger partial charge in [-0.1, -0.05) is 60.7 Å². The van der Waals surface area contributed by atoms with Gasteiger partial charge in [0.25, 0.3) is 0 Å². The number of nitrogens with zero attached hydrogens (tertiary/aromatic N) is 5. The van der Waals surface area contributed by atoms with Gasteiger partial charge in [-0.05, 0) is 24.3 Å². The van der Waals surface area contributed by atoms with Crippen molar-refractivity contribution in [3.8, 4) is 22.6 Å². The first-order chi connectivity index (χ1) is 14.4. The summed E-state index contributed by atoms with van der Waals surface area (Å²) in [4.78, 5) is 14.2. The first-order valence-corrected chi connectivity index (χ1v) is 9.42. The Labute approximate surface area is 166 Å². The quantitative estimate of drug-likeness (QED) is 0.421. The van der Waals surface area contributed by atoms with E-state index in [4.69, 9.17) is 15.1 Å². The lowest BCUT2D eigenvalue weighted by Crippen LogP contribution is -1.92. The molecule has 0 bridgehead atoms. The van der Waals surface area contributed by atoms with E-state index in [-0.39, 0.29) is 0 Å². The maximum atomic E-state index is 4.88. The maximum absolute atomic E-state index is 4.88. The Morgan fingerprint density at radius 3 is 2.24 bits per heavy atom. The Morgan fingerprint density at radius 1 is 0.655 bits per heavy atom. The first kappa shape index (κ1) is 15.9. The molecule has 0 N–H and O–H groups in total. The first-order valence-electron chi connectivity index (χ1n) is 9.42. The normalized spacial score (nSPS) is 11.4. The number of benzene rings is 3. The van der Waals surface area contributed by atoms with E-state index in [9.17, 15) is 0 Å². The third kappa shape index (κ3) is 2.56. The van der Waals surface area contributed by atoms with Crippen LogP contribution in [0.25, 0.3) is 50.1 Å². The largest absolute Gasteiger partial charge is 0.248 e. The summed E-state index contributed by atoms with van der Waals surface area (Å²) >= 11 is 0. The fraction of sp³-hybridized carbons (Fsp3) is 0. The summed E-state index contributed by atoms with van der Waals surface area (Å²) in [6.07, 6.45) is 1.72. The molecule has 0 fully saturated rings. The van der Waals surface area contributed by atoms with Crippen molar-refractivity contribution in [2.75, 3.05) is 0 Å². The van der Waals surface area contributed by atoms with Crippen LogP contribution in [0.2, 0.25) is 0 Å². The number of rotatable bonds is 2. The monoisotopic (exact) mass is 373 g/mol. The molecule has 0 atom stereocenters. The molecular weight excluding hydrogens is 358 g/mol. The second-order valence-electron chi connectivity index (χ2n) is 6.90. The molecule has 6 aromatic rings. The fourth-order valence-electron chi connectivity index (χ4n) is 3.71. The van der Waals surface area contributed by atoms with Crippen LogP contribution in [0.1, 0.15) is 0 Å². The van der Waals surface area contributed by atoms with Gasteiger partial charge in [0.15, 0.2) is 11.5 Å². The van der Waals surface area contributed by atoms with Crippen molar-refractivity contribution < 1.29 is 0 Å². The molecule has 5 heteroatoms. The molecule has 3 aromatic heterocycles. The highest BCUT2D eigenvalue weighted by Crippen LogP contribution is 2.31. The van der Waals surface area contributed by atoms with Crippen LogP contribution < -0.4 is 0 Å². The lowest BCUT2D eigenvalue weighted by atomic mass is 10.0. The second kappa shape index (κ2) is 6.21. The highest BCUT2D eigenvalue weighted by atomic mass is 15.3. The molecule has 3 aromatic carbocycles. The molecule has 0 aliphatic carbocycles. The van der Waals surface area contributed by atoms with E-state index < -0.39 is 0 Å². The van der Waals surface area contributed by atoms with E-state index in [1.54, 1.807) is 10.8 Å². The minimum absolute atomic E-state index is 0.666. The number of para-hydroxylation sites is 2. The smallest absolute Gasteiger partial charge is 0.183 e. The number of aromatic nitrogens is 5. The van der Waals surface area contributed by atoms with Crippen molar-refractivity contribution in [3.63, 3.8) is 0 Å². The van der Waals surface area contributed by atoms with Gasteiger partial charge in [-0.3, -0.25) is 0 Å². The van der Waals surface area contributed by atoms with E-state index >= 15 is 0 Å². The van der Waals surface area contributed by atoms with Crippen molar-refractivity contribution in [2.45, 2.75) is 0 Å². The van der Waals surface area contributed by atoms with Crippen LogP contribution in [0.15, 0.2) is 91.3 Å². The van der Waals surface area contributed by atoms with Crippen molar-refractivity contribution >= 4 is 27.5 Å². The van der Waals surface area contributed by atoms with E-state index in [1.165, 1.54) is 0 Å². The van der Waals surface area contributed by atoms with Gasteiger partial charge >= 0.3 is 0 Å². The Bertz CT molecular complexity index is 1500. The molecule has 0 unspecified atom stereocenters. The lowest BCUT2D eigenvalue weighted by molar-refractivity contribution is 0.938. The summed E-state index contributed by atoms with van der Waals surface area (Å²) in [6.45, 7) is 0.